The third kappa shape index (κ3) is 1.12. The molecule has 1 aliphatic carbocycles. The number of hydrogen-bond donors (Lipinski definition) is 0. The minimum absolute atomic E-state index is 0.0924. The van der Waals surface area contributed by atoms with Gasteiger partial charge in [0.15, 0.2) is 0 Å². The molecule has 2 aliphatic heterocycles. The molecule has 1 aromatic rings. The maximum Gasteiger partial charge on any atom is 0.0709 e. The van der Waals surface area contributed by atoms with Crippen molar-refractivity contribution in [3.8, 4) is 0 Å². The van der Waals surface area contributed by atoms with Gasteiger partial charge in [-0.1, -0.05) is 36.4 Å². The Kier molecular flexibility index (Phi) is 1.84. The first-order valence-electron chi connectivity index (χ1n) is 6.17. The van der Waals surface area contributed by atoms with E-state index < -0.39 is 0 Å². The van der Waals surface area contributed by atoms with E-state index in [-0.39, 0.29) is 5.41 Å². The van der Waals surface area contributed by atoms with Gasteiger partial charge in [-0.15, -0.1) is 0 Å². The summed E-state index contributed by atoms with van der Waals surface area (Å²) in [6.45, 7) is 0. The van der Waals surface area contributed by atoms with Gasteiger partial charge in [0.2, 0.25) is 0 Å². The Bertz CT molecular complexity index is 674. The largest absolute Gasteiger partial charge is 0.269 e. The number of aliphatic imine (C=N–C) groups is 2. The van der Waals surface area contributed by atoms with Gasteiger partial charge in [-0.25, -0.2) is 0 Å². The summed E-state index contributed by atoms with van der Waals surface area (Å²) in [5.74, 6) is 0. The summed E-state index contributed by atoms with van der Waals surface area (Å²) in [4.78, 5) is 9.16. The second-order valence-electron chi connectivity index (χ2n) is 4.78. The molecule has 0 bridgehead atoms. The molecule has 0 saturated carbocycles. The summed E-state index contributed by atoms with van der Waals surface area (Å²) in [5.41, 5.74) is 4.56. The Morgan fingerprint density at radius 2 is 2.06 bits per heavy atom. The smallest absolute Gasteiger partial charge is 0.0709 e. The average Bonchev–Trinajstić information content (AvgIpc) is 2.44. The van der Waals surface area contributed by atoms with Crippen LogP contribution in [0.2, 0.25) is 0 Å². The summed E-state index contributed by atoms with van der Waals surface area (Å²) in [6.07, 6.45) is 13.4. The van der Waals surface area contributed by atoms with E-state index in [0.717, 1.165) is 17.8 Å². The lowest BCUT2D eigenvalue weighted by atomic mass is 9.67. The van der Waals surface area contributed by atoms with Gasteiger partial charge in [0.1, 0.15) is 0 Å². The van der Waals surface area contributed by atoms with Crippen LogP contribution in [0.4, 0.5) is 5.69 Å². The lowest BCUT2D eigenvalue weighted by Gasteiger charge is -2.39. The molecule has 0 N–H and O–H groups in total. The number of hydrogen-bond acceptors (Lipinski definition) is 2. The number of benzene rings is 1. The molecule has 2 heterocycles. The average molecular weight is 232 g/mol. The van der Waals surface area contributed by atoms with Crippen molar-refractivity contribution in [1.29, 1.82) is 0 Å². The summed E-state index contributed by atoms with van der Waals surface area (Å²) in [7, 11) is 0. The predicted octanol–water partition coefficient (Wildman–Crippen LogP) is 3.70. The second-order valence-corrected chi connectivity index (χ2v) is 4.78. The summed E-state index contributed by atoms with van der Waals surface area (Å²) in [6, 6.07) is 8.30. The van der Waals surface area contributed by atoms with E-state index in [1.165, 1.54) is 11.1 Å². The summed E-state index contributed by atoms with van der Waals surface area (Å²) in [5, 5.41) is 0. The van der Waals surface area contributed by atoms with Crippen LogP contribution in [0.25, 0.3) is 5.57 Å². The molecule has 0 saturated heterocycles. The fourth-order valence-electron chi connectivity index (χ4n) is 2.93. The van der Waals surface area contributed by atoms with Crippen LogP contribution in [0.1, 0.15) is 12.0 Å². The van der Waals surface area contributed by atoms with Crippen LogP contribution < -0.4 is 0 Å². The molecule has 3 aliphatic rings. The highest BCUT2D eigenvalue weighted by Gasteiger charge is 2.41. The molecule has 0 radical (unpaired) electrons. The highest BCUT2D eigenvalue weighted by molar-refractivity contribution is 6.16. The Hall–Kier alpha value is -2.22. The Labute approximate surface area is 106 Å². The molecule has 4 rings (SSSR count). The maximum atomic E-state index is 4.82. The number of allylic oxidation sites excluding steroid dienone is 5. The van der Waals surface area contributed by atoms with Gasteiger partial charge in [0, 0.05) is 24.4 Å². The monoisotopic (exact) mass is 232 g/mol. The highest BCUT2D eigenvalue weighted by atomic mass is 14.8. The van der Waals surface area contributed by atoms with Gasteiger partial charge in [-0.2, -0.15) is 0 Å². The third-order valence-electron chi connectivity index (χ3n) is 3.84. The molecular weight excluding hydrogens is 220 g/mol. The lowest BCUT2D eigenvalue weighted by molar-refractivity contribution is 0.726. The zero-order valence-electron chi connectivity index (χ0n) is 9.88. The first-order valence-corrected chi connectivity index (χ1v) is 6.17. The molecule has 2 nitrogen and oxygen atoms in total. The molecule has 1 spiro atoms. The normalized spacial score (nSPS) is 26.9. The standard InChI is InChI=1S/C16H12N2/c1-2-6-14-12(5-1)13-11-17-10-9-16(13)8-4-3-7-15(16)18-14/h1-8,10-11H,9H2. The Balaban J connectivity index is 2.07. The Morgan fingerprint density at radius 1 is 1.11 bits per heavy atom. The Morgan fingerprint density at radius 3 is 3.06 bits per heavy atom. The van der Waals surface area contributed by atoms with Crippen molar-refractivity contribution >= 4 is 23.2 Å². The molecule has 86 valence electrons. The molecule has 1 unspecified atom stereocenters. The van der Waals surface area contributed by atoms with Crippen molar-refractivity contribution in [2.45, 2.75) is 6.42 Å². The van der Waals surface area contributed by atoms with E-state index in [2.05, 4.69) is 47.5 Å². The van der Waals surface area contributed by atoms with E-state index in [0.29, 0.717) is 0 Å². The number of fused-ring (bicyclic) bond motifs is 2. The van der Waals surface area contributed by atoms with Crippen LogP contribution >= 0.6 is 0 Å². The first-order chi connectivity index (χ1) is 8.90. The maximum absolute atomic E-state index is 4.82. The van der Waals surface area contributed by atoms with Gasteiger partial charge < -0.3 is 0 Å². The first kappa shape index (κ1) is 9.77. The topological polar surface area (TPSA) is 24.7 Å². The van der Waals surface area contributed by atoms with E-state index in [1.54, 1.807) is 0 Å². The molecule has 0 amide bonds. The molecule has 18 heavy (non-hydrogen) atoms. The molecule has 0 aromatic heterocycles. The summed E-state index contributed by atoms with van der Waals surface area (Å²) >= 11 is 0. The lowest BCUT2D eigenvalue weighted by Crippen LogP contribution is -2.34. The number of nitrogens with zero attached hydrogens (tertiary/aromatic N) is 2. The van der Waals surface area contributed by atoms with Crippen molar-refractivity contribution < 1.29 is 0 Å². The van der Waals surface area contributed by atoms with Crippen LogP contribution in [0.3, 0.4) is 0 Å². The molecule has 1 atom stereocenters. The molecule has 1 aromatic carbocycles. The highest BCUT2D eigenvalue weighted by Crippen LogP contribution is 2.50. The minimum Gasteiger partial charge on any atom is -0.269 e. The SMILES string of the molecule is C1=CC2=Nc3ccccc3C3=CN=CCC32C=C1. The quantitative estimate of drug-likeness (QED) is 0.651. The zero-order valence-corrected chi connectivity index (χ0v) is 9.88. The fourth-order valence-corrected chi connectivity index (χ4v) is 2.93. The van der Waals surface area contributed by atoms with Crippen LogP contribution in [0, 0.1) is 5.41 Å². The van der Waals surface area contributed by atoms with Crippen LogP contribution in [0.15, 0.2) is 64.8 Å². The molecular formula is C16H12N2. The van der Waals surface area contributed by atoms with Gasteiger partial charge in [-0.05, 0) is 17.7 Å². The minimum atomic E-state index is -0.0924. The van der Waals surface area contributed by atoms with E-state index in [9.17, 15) is 0 Å². The van der Waals surface area contributed by atoms with Crippen molar-refractivity contribution in [2.75, 3.05) is 0 Å². The van der Waals surface area contributed by atoms with Crippen molar-refractivity contribution in [1.82, 2.24) is 0 Å². The number of para-hydroxylation sites is 1. The van der Waals surface area contributed by atoms with Crippen molar-refractivity contribution in [3.05, 3.63) is 60.3 Å². The van der Waals surface area contributed by atoms with E-state index >= 15 is 0 Å². The zero-order chi connectivity index (χ0) is 12.0. The van der Waals surface area contributed by atoms with Crippen molar-refractivity contribution in [2.24, 2.45) is 15.4 Å². The summed E-state index contributed by atoms with van der Waals surface area (Å²) < 4.78 is 0. The molecule has 2 heteroatoms. The fraction of sp³-hybridized carbons (Fsp3) is 0.125. The molecule has 0 fully saturated rings. The van der Waals surface area contributed by atoms with Gasteiger partial charge >= 0.3 is 0 Å². The van der Waals surface area contributed by atoms with Crippen LogP contribution in [0.5, 0.6) is 0 Å². The van der Waals surface area contributed by atoms with Crippen LogP contribution in [-0.2, 0) is 0 Å². The van der Waals surface area contributed by atoms with Crippen LogP contribution in [-0.4, -0.2) is 11.9 Å². The van der Waals surface area contributed by atoms with E-state index in [4.69, 9.17) is 4.99 Å². The van der Waals surface area contributed by atoms with Gasteiger partial charge in [0.25, 0.3) is 0 Å². The van der Waals surface area contributed by atoms with E-state index in [1.807, 2.05) is 18.5 Å². The second kappa shape index (κ2) is 3.39. The number of rotatable bonds is 0. The van der Waals surface area contributed by atoms with Gasteiger partial charge in [-0.3, -0.25) is 9.98 Å². The van der Waals surface area contributed by atoms with Gasteiger partial charge in [0.05, 0.1) is 16.8 Å². The third-order valence-corrected chi connectivity index (χ3v) is 3.84. The predicted molar refractivity (Wildman–Crippen MR) is 75.3 cm³/mol. The van der Waals surface area contributed by atoms with Crippen molar-refractivity contribution in [3.63, 3.8) is 0 Å².